The van der Waals surface area contributed by atoms with Gasteiger partial charge in [-0.2, -0.15) is 0 Å². The minimum atomic E-state index is -0.199. The summed E-state index contributed by atoms with van der Waals surface area (Å²) in [5.74, 6) is 3.34. The number of thioether (sulfide) groups is 1. The lowest BCUT2D eigenvalue weighted by Gasteiger charge is -2.26. The molecule has 0 bridgehead atoms. The van der Waals surface area contributed by atoms with Gasteiger partial charge in [0, 0.05) is 41.7 Å². The van der Waals surface area contributed by atoms with Crippen LogP contribution in [0.4, 0.5) is 10.5 Å². The van der Waals surface area contributed by atoms with Gasteiger partial charge in [0.1, 0.15) is 16.9 Å². The van der Waals surface area contributed by atoms with Gasteiger partial charge in [0.2, 0.25) is 0 Å². The van der Waals surface area contributed by atoms with E-state index in [0.717, 1.165) is 11.3 Å². The first-order chi connectivity index (χ1) is 13.6. The van der Waals surface area contributed by atoms with Gasteiger partial charge in [-0.25, -0.2) is 4.79 Å². The number of rotatable bonds is 6. The molecule has 2 aromatic carbocycles. The van der Waals surface area contributed by atoms with Crippen LogP contribution in [0.3, 0.4) is 0 Å². The summed E-state index contributed by atoms with van der Waals surface area (Å²) in [5.41, 5.74) is 1.51. The van der Waals surface area contributed by atoms with Crippen LogP contribution >= 0.6 is 11.8 Å². The van der Waals surface area contributed by atoms with Gasteiger partial charge < -0.3 is 29.2 Å². The van der Waals surface area contributed by atoms with Crippen LogP contribution in [-0.2, 0) is 0 Å². The molecule has 150 valence electrons. The second-order valence-corrected chi connectivity index (χ2v) is 7.22. The average molecular weight is 404 g/mol. The molecule has 1 aliphatic rings. The highest BCUT2D eigenvalue weighted by molar-refractivity contribution is 7.99. The average Bonchev–Trinajstić information content (AvgIpc) is 3.22. The van der Waals surface area contributed by atoms with Crippen LogP contribution in [0.5, 0.6) is 23.0 Å². The Hall–Kier alpha value is -2.74. The van der Waals surface area contributed by atoms with Gasteiger partial charge in [-0.1, -0.05) is 12.1 Å². The number of nitrogens with one attached hydrogen (secondary N) is 1. The van der Waals surface area contributed by atoms with Gasteiger partial charge in [-0.15, -0.1) is 11.8 Å². The Morgan fingerprint density at radius 3 is 2.36 bits per heavy atom. The van der Waals surface area contributed by atoms with E-state index in [-0.39, 0.29) is 11.4 Å². The SMILES string of the molecule is COc1cc(NC(=O)N2CCSC2c2cccc(OC)c2OC)cc(OC)c1. The number of urea groups is 1. The van der Waals surface area contributed by atoms with Crippen LogP contribution in [0.15, 0.2) is 36.4 Å². The van der Waals surface area contributed by atoms with Gasteiger partial charge in [0.05, 0.1) is 28.4 Å². The van der Waals surface area contributed by atoms with E-state index >= 15 is 0 Å². The first kappa shape index (κ1) is 20.0. The maximum Gasteiger partial charge on any atom is 0.323 e. The lowest BCUT2D eigenvalue weighted by atomic mass is 10.1. The van der Waals surface area contributed by atoms with Crippen molar-refractivity contribution in [2.45, 2.75) is 5.37 Å². The molecule has 1 unspecified atom stereocenters. The molecule has 0 spiro atoms. The maximum absolute atomic E-state index is 13.0. The molecule has 3 rings (SSSR count). The minimum absolute atomic E-state index is 0.169. The Kier molecular flexibility index (Phi) is 6.41. The molecular weight excluding hydrogens is 380 g/mol. The highest BCUT2D eigenvalue weighted by atomic mass is 32.2. The van der Waals surface area contributed by atoms with Crippen LogP contribution in [0, 0.1) is 0 Å². The molecule has 0 aromatic heterocycles. The zero-order valence-corrected chi connectivity index (χ0v) is 17.2. The van der Waals surface area contributed by atoms with Crippen molar-refractivity contribution in [1.29, 1.82) is 0 Å². The number of methoxy groups -OCH3 is 4. The summed E-state index contributed by atoms with van der Waals surface area (Å²) in [6.45, 7) is 0.628. The van der Waals surface area contributed by atoms with Crippen molar-refractivity contribution in [3.8, 4) is 23.0 Å². The minimum Gasteiger partial charge on any atom is -0.497 e. The Balaban J connectivity index is 1.85. The summed E-state index contributed by atoms with van der Waals surface area (Å²) in [5, 5.41) is 2.77. The number of hydrogen-bond acceptors (Lipinski definition) is 6. The van der Waals surface area contributed by atoms with Crippen molar-refractivity contribution in [2.75, 3.05) is 46.1 Å². The predicted molar refractivity (Wildman–Crippen MR) is 110 cm³/mol. The number of hydrogen-bond donors (Lipinski definition) is 1. The third-order valence-corrected chi connectivity index (χ3v) is 5.70. The fraction of sp³-hybridized carbons (Fsp3) is 0.350. The molecule has 1 fully saturated rings. The summed E-state index contributed by atoms with van der Waals surface area (Å²) in [7, 11) is 6.35. The standard InChI is InChI=1S/C20H24N2O5S/c1-24-14-10-13(11-15(12-14)25-2)21-20(23)22-8-9-28-19(22)16-6-5-7-17(26-3)18(16)27-4/h5-7,10-12,19H,8-9H2,1-4H3,(H,21,23). The third kappa shape index (κ3) is 4.06. The van der Waals surface area contributed by atoms with E-state index in [4.69, 9.17) is 18.9 Å². The van der Waals surface area contributed by atoms with E-state index in [9.17, 15) is 4.79 Å². The molecule has 0 aliphatic carbocycles. The molecule has 1 saturated heterocycles. The Bertz CT molecular complexity index is 823. The zero-order valence-electron chi connectivity index (χ0n) is 16.4. The number of nitrogens with zero attached hydrogens (tertiary/aromatic N) is 1. The van der Waals surface area contributed by atoms with E-state index in [1.165, 1.54) is 0 Å². The van der Waals surface area contributed by atoms with Crippen molar-refractivity contribution in [3.63, 3.8) is 0 Å². The van der Waals surface area contributed by atoms with Gasteiger partial charge in [0.25, 0.3) is 0 Å². The Morgan fingerprint density at radius 1 is 1.04 bits per heavy atom. The smallest absolute Gasteiger partial charge is 0.323 e. The van der Waals surface area contributed by atoms with Crippen LogP contribution in [-0.4, -0.2) is 51.7 Å². The highest BCUT2D eigenvalue weighted by Gasteiger charge is 2.33. The maximum atomic E-state index is 13.0. The Labute approximate surface area is 168 Å². The topological polar surface area (TPSA) is 69.3 Å². The molecule has 0 radical (unpaired) electrons. The Morgan fingerprint density at radius 2 is 1.75 bits per heavy atom. The normalized spacial score (nSPS) is 15.9. The van der Waals surface area contributed by atoms with Gasteiger partial charge >= 0.3 is 6.03 Å². The molecular formula is C20H24N2O5S. The van der Waals surface area contributed by atoms with Crippen LogP contribution in [0.1, 0.15) is 10.9 Å². The van der Waals surface area contributed by atoms with Crippen LogP contribution in [0.2, 0.25) is 0 Å². The van der Waals surface area contributed by atoms with E-state index in [1.807, 2.05) is 18.2 Å². The van der Waals surface area contributed by atoms with Crippen molar-refractivity contribution in [2.24, 2.45) is 0 Å². The van der Waals surface area contributed by atoms with Crippen molar-refractivity contribution in [1.82, 2.24) is 4.90 Å². The van der Waals surface area contributed by atoms with Crippen molar-refractivity contribution < 1.29 is 23.7 Å². The van der Waals surface area contributed by atoms with Gasteiger partial charge in [-0.05, 0) is 6.07 Å². The van der Waals surface area contributed by atoms with Gasteiger partial charge in [-0.3, -0.25) is 0 Å². The number of ether oxygens (including phenoxy) is 4. The van der Waals surface area contributed by atoms with Crippen LogP contribution in [0.25, 0.3) is 0 Å². The number of anilines is 1. The first-order valence-electron chi connectivity index (χ1n) is 8.74. The van der Waals surface area contributed by atoms with Crippen LogP contribution < -0.4 is 24.3 Å². The third-order valence-electron chi connectivity index (χ3n) is 4.45. The van der Waals surface area contributed by atoms with Crippen molar-refractivity contribution in [3.05, 3.63) is 42.0 Å². The molecule has 7 nitrogen and oxygen atoms in total. The number of carbonyl (C=O) groups excluding carboxylic acids is 1. The summed E-state index contributed by atoms with van der Waals surface area (Å²) in [6.07, 6.45) is 0. The largest absolute Gasteiger partial charge is 0.497 e. The molecule has 8 heteroatoms. The number of benzene rings is 2. The quantitative estimate of drug-likeness (QED) is 0.785. The highest BCUT2D eigenvalue weighted by Crippen LogP contribution is 2.45. The van der Waals surface area contributed by atoms with E-state index in [2.05, 4.69) is 5.32 Å². The molecule has 1 heterocycles. The molecule has 2 amide bonds. The summed E-state index contributed by atoms with van der Waals surface area (Å²) < 4.78 is 21.5. The molecule has 2 aromatic rings. The summed E-state index contributed by atoms with van der Waals surface area (Å²) >= 11 is 1.69. The monoisotopic (exact) mass is 404 g/mol. The molecule has 1 aliphatic heterocycles. The zero-order chi connectivity index (χ0) is 20.1. The van der Waals surface area contributed by atoms with E-state index < -0.39 is 0 Å². The second-order valence-electron chi connectivity index (χ2n) is 6.03. The molecule has 28 heavy (non-hydrogen) atoms. The molecule has 0 saturated carbocycles. The van der Waals surface area contributed by atoms with E-state index in [0.29, 0.717) is 35.2 Å². The summed E-state index contributed by atoms with van der Waals surface area (Å²) in [6, 6.07) is 10.8. The summed E-state index contributed by atoms with van der Waals surface area (Å²) in [4.78, 5) is 14.8. The molecule has 1 N–H and O–H groups in total. The van der Waals surface area contributed by atoms with Gasteiger partial charge in [0.15, 0.2) is 11.5 Å². The number of amides is 2. The molecule has 1 atom stereocenters. The lowest BCUT2D eigenvalue weighted by Crippen LogP contribution is -2.34. The second kappa shape index (κ2) is 8.97. The fourth-order valence-electron chi connectivity index (χ4n) is 3.12. The first-order valence-corrected chi connectivity index (χ1v) is 9.79. The number of carbonyl (C=O) groups is 1. The van der Waals surface area contributed by atoms with Crippen molar-refractivity contribution >= 4 is 23.5 Å². The lowest BCUT2D eigenvalue weighted by molar-refractivity contribution is 0.213. The predicted octanol–water partition coefficient (Wildman–Crippen LogP) is 4.00. The fourth-order valence-corrected chi connectivity index (χ4v) is 4.39. The van der Waals surface area contributed by atoms with E-state index in [1.54, 1.807) is 63.3 Å². The number of para-hydroxylation sites is 1.